The zero-order valence-corrected chi connectivity index (χ0v) is 13.2. The third kappa shape index (κ3) is 2.68. The quantitative estimate of drug-likeness (QED) is 0.760. The predicted molar refractivity (Wildman–Crippen MR) is 88.7 cm³/mol. The molecule has 2 heterocycles. The molecule has 4 rings (SSSR count). The van der Waals surface area contributed by atoms with Crippen molar-refractivity contribution in [2.24, 2.45) is 7.05 Å². The normalized spacial score (nSPS) is 14.0. The minimum absolute atomic E-state index is 0.185. The van der Waals surface area contributed by atoms with Crippen LogP contribution in [0.1, 0.15) is 40.6 Å². The van der Waals surface area contributed by atoms with E-state index >= 15 is 0 Å². The number of aromatic amines is 1. The molecule has 122 valence electrons. The van der Waals surface area contributed by atoms with Gasteiger partial charge in [0.15, 0.2) is 0 Å². The van der Waals surface area contributed by atoms with E-state index in [1.807, 2.05) is 25.2 Å². The number of nitrogens with zero attached hydrogens (tertiary/aromatic N) is 3. The second kappa shape index (κ2) is 5.59. The standard InChI is InChI=1S/C17H17N5O2/c1-22-14-6-2-10(8-13(14)19-16(22)11-3-4-11)9-18-17(24)12-5-7-15(23)21-20-12/h2,5-8,11H,3-4,9H2,1H3,(H,18,24)(H,21,23). The molecule has 0 bridgehead atoms. The molecule has 0 atom stereocenters. The summed E-state index contributed by atoms with van der Waals surface area (Å²) in [5.74, 6) is 1.41. The molecular weight excluding hydrogens is 306 g/mol. The number of hydrogen-bond acceptors (Lipinski definition) is 4. The number of benzene rings is 1. The Morgan fingerprint density at radius 2 is 2.17 bits per heavy atom. The van der Waals surface area contributed by atoms with Gasteiger partial charge in [0.05, 0.1) is 11.0 Å². The molecule has 0 spiro atoms. The van der Waals surface area contributed by atoms with E-state index in [1.54, 1.807) is 0 Å². The Morgan fingerprint density at radius 1 is 1.33 bits per heavy atom. The van der Waals surface area contributed by atoms with E-state index in [9.17, 15) is 9.59 Å². The first-order valence-electron chi connectivity index (χ1n) is 7.91. The minimum Gasteiger partial charge on any atom is -0.347 e. The van der Waals surface area contributed by atoms with E-state index in [-0.39, 0.29) is 17.2 Å². The number of H-pyrrole nitrogens is 1. The molecule has 0 unspecified atom stereocenters. The van der Waals surface area contributed by atoms with E-state index in [2.05, 4.69) is 20.1 Å². The van der Waals surface area contributed by atoms with Crippen molar-refractivity contribution in [2.75, 3.05) is 0 Å². The molecule has 1 amide bonds. The maximum atomic E-state index is 12.0. The van der Waals surface area contributed by atoms with Crippen LogP contribution in [-0.4, -0.2) is 25.7 Å². The van der Waals surface area contributed by atoms with E-state index in [1.165, 1.54) is 25.0 Å². The first kappa shape index (κ1) is 14.6. The first-order chi connectivity index (χ1) is 11.6. The predicted octanol–water partition coefficient (Wildman–Crippen LogP) is 1.46. The number of aromatic nitrogens is 4. The van der Waals surface area contributed by atoms with Crippen LogP contribution in [0.3, 0.4) is 0 Å². The summed E-state index contributed by atoms with van der Waals surface area (Å²) < 4.78 is 2.15. The summed E-state index contributed by atoms with van der Waals surface area (Å²) in [6.45, 7) is 0.380. The van der Waals surface area contributed by atoms with Crippen LogP contribution in [0.15, 0.2) is 35.1 Å². The van der Waals surface area contributed by atoms with E-state index < -0.39 is 0 Å². The van der Waals surface area contributed by atoms with Crippen LogP contribution in [0.5, 0.6) is 0 Å². The van der Waals surface area contributed by atoms with Gasteiger partial charge < -0.3 is 9.88 Å². The highest BCUT2D eigenvalue weighted by molar-refractivity contribution is 5.92. The molecule has 0 saturated heterocycles. The van der Waals surface area contributed by atoms with Gasteiger partial charge in [0.25, 0.3) is 11.5 Å². The fourth-order valence-electron chi connectivity index (χ4n) is 2.82. The second-order valence-electron chi connectivity index (χ2n) is 6.12. The average Bonchev–Trinajstić information content (AvgIpc) is 3.38. The smallest absolute Gasteiger partial charge is 0.271 e. The fourth-order valence-corrected chi connectivity index (χ4v) is 2.82. The fraction of sp³-hybridized carbons (Fsp3) is 0.294. The van der Waals surface area contributed by atoms with E-state index in [0.29, 0.717) is 12.5 Å². The zero-order valence-electron chi connectivity index (χ0n) is 13.2. The molecule has 1 fully saturated rings. The number of carbonyl (C=O) groups excluding carboxylic acids is 1. The lowest BCUT2D eigenvalue weighted by Gasteiger charge is -2.05. The van der Waals surface area contributed by atoms with Crippen LogP contribution >= 0.6 is 0 Å². The van der Waals surface area contributed by atoms with Gasteiger partial charge in [-0.15, -0.1) is 0 Å². The summed E-state index contributed by atoms with van der Waals surface area (Å²) in [5.41, 5.74) is 2.88. The molecule has 2 aromatic heterocycles. The third-order valence-corrected chi connectivity index (χ3v) is 4.29. The molecule has 7 nitrogen and oxygen atoms in total. The first-order valence-corrected chi connectivity index (χ1v) is 7.91. The molecule has 1 aromatic carbocycles. The van der Waals surface area contributed by atoms with Gasteiger partial charge in [-0.3, -0.25) is 9.59 Å². The summed E-state index contributed by atoms with van der Waals surface area (Å²) in [6.07, 6.45) is 2.43. The van der Waals surface area contributed by atoms with Gasteiger partial charge in [-0.1, -0.05) is 6.07 Å². The SMILES string of the molecule is Cn1c(C2CC2)nc2cc(CNC(=O)c3ccc(=O)[nH]n3)ccc21. The Balaban J connectivity index is 1.51. The van der Waals surface area contributed by atoms with Gasteiger partial charge in [-0.2, -0.15) is 5.10 Å². The van der Waals surface area contributed by atoms with E-state index in [0.717, 1.165) is 22.4 Å². The largest absolute Gasteiger partial charge is 0.347 e. The molecule has 1 saturated carbocycles. The monoisotopic (exact) mass is 323 g/mol. The highest BCUT2D eigenvalue weighted by Crippen LogP contribution is 2.40. The van der Waals surface area contributed by atoms with Gasteiger partial charge in [0, 0.05) is 25.6 Å². The minimum atomic E-state index is -0.335. The van der Waals surface area contributed by atoms with Crippen molar-refractivity contribution in [1.29, 1.82) is 0 Å². The van der Waals surface area contributed by atoms with Crippen molar-refractivity contribution in [2.45, 2.75) is 25.3 Å². The number of carbonyl (C=O) groups is 1. The number of nitrogens with one attached hydrogen (secondary N) is 2. The molecular formula is C17H17N5O2. The Kier molecular flexibility index (Phi) is 3.41. The van der Waals surface area contributed by atoms with Crippen molar-refractivity contribution in [3.63, 3.8) is 0 Å². The Labute approximate surface area is 137 Å². The number of amides is 1. The topological polar surface area (TPSA) is 92.7 Å². The number of rotatable bonds is 4. The second-order valence-corrected chi connectivity index (χ2v) is 6.12. The molecule has 0 aliphatic heterocycles. The Hall–Kier alpha value is -2.96. The molecule has 24 heavy (non-hydrogen) atoms. The van der Waals surface area contributed by atoms with Crippen molar-refractivity contribution < 1.29 is 4.79 Å². The average molecular weight is 323 g/mol. The Morgan fingerprint density at radius 3 is 2.88 bits per heavy atom. The van der Waals surface area contributed by atoms with Crippen LogP contribution in [0, 0.1) is 0 Å². The Bertz CT molecular complexity index is 964. The van der Waals surface area contributed by atoms with Gasteiger partial charge in [0.1, 0.15) is 11.5 Å². The number of hydrogen-bond donors (Lipinski definition) is 2. The maximum absolute atomic E-state index is 12.0. The van der Waals surface area contributed by atoms with Gasteiger partial charge >= 0.3 is 0 Å². The summed E-state index contributed by atoms with van der Waals surface area (Å²) >= 11 is 0. The highest BCUT2D eigenvalue weighted by atomic mass is 16.2. The van der Waals surface area contributed by atoms with E-state index in [4.69, 9.17) is 4.98 Å². The molecule has 1 aliphatic carbocycles. The summed E-state index contributed by atoms with van der Waals surface area (Å²) in [4.78, 5) is 27.7. The lowest BCUT2D eigenvalue weighted by atomic mass is 10.2. The van der Waals surface area contributed by atoms with Gasteiger partial charge in [-0.25, -0.2) is 10.1 Å². The van der Waals surface area contributed by atoms with Crippen molar-refractivity contribution >= 4 is 16.9 Å². The van der Waals surface area contributed by atoms with Crippen LogP contribution in [0.2, 0.25) is 0 Å². The zero-order chi connectivity index (χ0) is 16.7. The number of fused-ring (bicyclic) bond motifs is 1. The molecule has 2 N–H and O–H groups in total. The number of imidazole rings is 1. The highest BCUT2D eigenvalue weighted by Gasteiger charge is 2.28. The molecule has 1 aliphatic rings. The van der Waals surface area contributed by atoms with Crippen LogP contribution in [0.4, 0.5) is 0 Å². The van der Waals surface area contributed by atoms with Crippen LogP contribution in [-0.2, 0) is 13.6 Å². The third-order valence-electron chi connectivity index (χ3n) is 4.29. The summed E-state index contributed by atoms with van der Waals surface area (Å²) in [5, 5.41) is 8.76. The van der Waals surface area contributed by atoms with Crippen molar-refractivity contribution in [3.05, 3.63) is 57.8 Å². The molecule has 3 aromatic rings. The van der Waals surface area contributed by atoms with Gasteiger partial charge in [-0.05, 0) is 36.6 Å². The van der Waals surface area contributed by atoms with Crippen LogP contribution < -0.4 is 10.9 Å². The molecule has 7 heteroatoms. The maximum Gasteiger partial charge on any atom is 0.271 e. The lowest BCUT2D eigenvalue weighted by molar-refractivity contribution is 0.0945. The lowest BCUT2D eigenvalue weighted by Crippen LogP contribution is -2.25. The van der Waals surface area contributed by atoms with Crippen molar-refractivity contribution in [1.82, 2.24) is 25.1 Å². The summed E-state index contributed by atoms with van der Waals surface area (Å²) in [6, 6.07) is 8.70. The van der Waals surface area contributed by atoms with Crippen molar-refractivity contribution in [3.8, 4) is 0 Å². The molecule has 0 radical (unpaired) electrons. The summed E-state index contributed by atoms with van der Waals surface area (Å²) in [7, 11) is 2.05. The van der Waals surface area contributed by atoms with Gasteiger partial charge in [0.2, 0.25) is 0 Å². The number of aryl methyl sites for hydroxylation is 1. The van der Waals surface area contributed by atoms with Crippen LogP contribution in [0.25, 0.3) is 11.0 Å².